The largest absolute Gasteiger partial charge is 0.490 e. The first-order valence-electron chi connectivity index (χ1n) is 21.2. The molecule has 324 valence electrons. The normalized spacial score (nSPS) is 12.2. The van der Waals surface area contributed by atoms with Gasteiger partial charge in [-0.15, -0.1) is 0 Å². The van der Waals surface area contributed by atoms with E-state index in [1.54, 1.807) is 0 Å². The van der Waals surface area contributed by atoms with Crippen LogP contribution in [0.1, 0.15) is 86.1 Å². The summed E-state index contributed by atoms with van der Waals surface area (Å²) >= 11 is 0. The molecule has 59 heavy (non-hydrogen) atoms. The molecule has 3 aromatic rings. The first-order chi connectivity index (χ1) is 27.6. The Balaban J connectivity index is 1.56. The molecule has 0 aromatic heterocycles. The molecule has 0 fully saturated rings. The van der Waals surface area contributed by atoms with Crippen LogP contribution in [0.15, 0.2) is 91.0 Å². The zero-order valence-electron chi connectivity index (χ0n) is 38.0. The quantitative estimate of drug-likeness (QED) is 0.0381. The third kappa shape index (κ3) is 15.9. The molecule has 8 nitrogen and oxygen atoms in total. The van der Waals surface area contributed by atoms with Gasteiger partial charge in [-0.1, -0.05) is 130 Å². The van der Waals surface area contributed by atoms with Crippen molar-refractivity contribution in [1.29, 1.82) is 0 Å². The molecule has 0 unspecified atom stereocenters. The molecule has 0 spiro atoms. The molecule has 0 saturated heterocycles. The summed E-state index contributed by atoms with van der Waals surface area (Å²) in [5, 5.41) is 0.0952. The van der Waals surface area contributed by atoms with Gasteiger partial charge in [0, 0.05) is 0 Å². The van der Waals surface area contributed by atoms with Gasteiger partial charge in [-0.2, -0.15) is 0 Å². The summed E-state index contributed by atoms with van der Waals surface area (Å²) in [6, 6.07) is 22.8. The van der Waals surface area contributed by atoms with Gasteiger partial charge in [0.25, 0.3) is 0 Å². The Bertz CT molecular complexity index is 1820. The minimum atomic E-state index is -1.99. The van der Waals surface area contributed by atoms with Crippen LogP contribution < -0.4 is 9.47 Å². The van der Waals surface area contributed by atoms with Gasteiger partial charge in [0.15, 0.2) is 16.6 Å². The summed E-state index contributed by atoms with van der Waals surface area (Å²) in [6.45, 7) is 32.6. The molecule has 3 rings (SSSR count). The van der Waals surface area contributed by atoms with E-state index in [4.69, 9.17) is 27.8 Å². The van der Waals surface area contributed by atoms with Crippen LogP contribution in [0.3, 0.4) is 0 Å². The number of esters is 2. The third-order valence-corrected chi connectivity index (χ3v) is 20.5. The molecule has 0 amide bonds. The molecule has 0 saturated carbocycles. The molecular formula is C49H72O8Si2. The van der Waals surface area contributed by atoms with Gasteiger partial charge in [-0.25, -0.2) is 9.59 Å². The summed E-state index contributed by atoms with van der Waals surface area (Å²) < 4.78 is 34.8. The predicted octanol–water partition coefficient (Wildman–Crippen LogP) is 12.5. The molecule has 0 aliphatic heterocycles. The van der Waals surface area contributed by atoms with E-state index in [9.17, 15) is 9.59 Å². The van der Waals surface area contributed by atoms with Crippen LogP contribution in [-0.4, -0.2) is 68.2 Å². The number of unbranched alkanes of at least 4 members (excludes halogenated alkanes) is 4. The first-order valence-corrected chi connectivity index (χ1v) is 27.0. The molecule has 10 heteroatoms. The predicted molar refractivity (Wildman–Crippen MR) is 247 cm³/mol. The third-order valence-electron chi connectivity index (χ3n) is 11.6. The number of hydrogen-bond acceptors (Lipinski definition) is 8. The van der Waals surface area contributed by atoms with Crippen molar-refractivity contribution in [3.8, 4) is 33.8 Å². The standard InChI is InChI=1S/C49H72O8Si2/c1-14-15-16-17-18-19-42-34-41(39-20-25-43(26-21-39)52-30-32-54-46(50)37(2)35-56-58(10,11)48(4,5)6)24-29-45(42)40-22-27-44(28-23-40)53-31-33-55-47(51)38(3)36-57-59(12,13)49(7,8)9/h20-29,34H,2-3,14-19,30-33,35-36H2,1,4-13H3. The molecule has 0 N–H and O–H groups in total. The Morgan fingerprint density at radius 2 is 0.983 bits per heavy atom. The van der Waals surface area contributed by atoms with Crippen molar-refractivity contribution in [3.63, 3.8) is 0 Å². The van der Waals surface area contributed by atoms with Gasteiger partial charge in [0.1, 0.15) is 37.9 Å². The van der Waals surface area contributed by atoms with Crippen molar-refractivity contribution in [3.05, 3.63) is 96.6 Å². The van der Waals surface area contributed by atoms with Crippen molar-refractivity contribution >= 4 is 28.6 Å². The summed E-state index contributed by atoms with van der Waals surface area (Å²) in [5.41, 5.74) is 6.48. The van der Waals surface area contributed by atoms with Gasteiger partial charge >= 0.3 is 11.9 Å². The fraction of sp³-hybridized carbons (Fsp3) is 0.510. The highest BCUT2D eigenvalue weighted by Gasteiger charge is 2.38. The highest BCUT2D eigenvalue weighted by atomic mass is 28.4. The van der Waals surface area contributed by atoms with E-state index in [-0.39, 0.29) is 49.7 Å². The number of benzene rings is 3. The summed E-state index contributed by atoms with van der Waals surface area (Å²) in [6.07, 6.45) is 7.02. The van der Waals surface area contributed by atoms with E-state index in [0.717, 1.165) is 29.5 Å². The second-order valence-electron chi connectivity index (χ2n) is 18.4. The molecule has 0 radical (unpaired) electrons. The lowest BCUT2D eigenvalue weighted by Gasteiger charge is -2.36. The lowest BCUT2D eigenvalue weighted by Crippen LogP contribution is -2.41. The minimum absolute atomic E-state index is 0.0474. The Hall–Kier alpha value is -3.97. The molecule has 0 aliphatic rings. The van der Waals surface area contributed by atoms with E-state index < -0.39 is 28.6 Å². The lowest BCUT2D eigenvalue weighted by molar-refractivity contribution is -0.141. The zero-order chi connectivity index (χ0) is 43.9. The maximum atomic E-state index is 12.5. The highest BCUT2D eigenvalue weighted by molar-refractivity contribution is 6.74. The average Bonchev–Trinajstić information content (AvgIpc) is 3.18. The molecule has 0 heterocycles. The van der Waals surface area contributed by atoms with Crippen LogP contribution in [0.4, 0.5) is 0 Å². The number of carbonyl (C=O) groups is 2. The monoisotopic (exact) mass is 844 g/mol. The van der Waals surface area contributed by atoms with Crippen LogP contribution in [0.25, 0.3) is 22.3 Å². The number of carbonyl (C=O) groups excluding carboxylic acids is 2. The van der Waals surface area contributed by atoms with E-state index in [1.807, 2.05) is 24.3 Å². The number of ether oxygens (including phenoxy) is 4. The highest BCUT2D eigenvalue weighted by Crippen LogP contribution is 2.38. The van der Waals surface area contributed by atoms with Crippen LogP contribution in [0, 0.1) is 0 Å². The minimum Gasteiger partial charge on any atom is -0.490 e. The smallest absolute Gasteiger partial charge is 0.335 e. The van der Waals surface area contributed by atoms with Crippen molar-refractivity contribution in [2.24, 2.45) is 0 Å². The fourth-order valence-electron chi connectivity index (χ4n) is 5.53. The average molecular weight is 845 g/mol. The number of hydrogen-bond donors (Lipinski definition) is 0. The van der Waals surface area contributed by atoms with Crippen molar-refractivity contribution < 1.29 is 37.4 Å². The van der Waals surface area contributed by atoms with Crippen LogP contribution in [0.5, 0.6) is 11.5 Å². The van der Waals surface area contributed by atoms with Gasteiger partial charge in [-0.3, -0.25) is 0 Å². The zero-order valence-corrected chi connectivity index (χ0v) is 40.0. The number of aryl methyl sites for hydroxylation is 1. The van der Waals surface area contributed by atoms with E-state index in [2.05, 4.69) is 130 Å². The fourth-order valence-corrected chi connectivity index (χ4v) is 7.47. The van der Waals surface area contributed by atoms with Crippen molar-refractivity contribution in [2.45, 2.75) is 123 Å². The molecule has 0 aliphatic carbocycles. The van der Waals surface area contributed by atoms with Crippen LogP contribution >= 0.6 is 0 Å². The Kier molecular flexibility index (Phi) is 18.9. The maximum Gasteiger partial charge on any atom is 0.335 e. The Morgan fingerprint density at radius 1 is 0.559 bits per heavy atom. The van der Waals surface area contributed by atoms with Gasteiger partial charge < -0.3 is 27.8 Å². The van der Waals surface area contributed by atoms with Gasteiger partial charge in [0.2, 0.25) is 0 Å². The van der Waals surface area contributed by atoms with Gasteiger partial charge in [0.05, 0.1) is 24.4 Å². The van der Waals surface area contributed by atoms with E-state index in [1.165, 1.54) is 36.8 Å². The maximum absolute atomic E-state index is 12.5. The second-order valence-corrected chi connectivity index (χ2v) is 28.0. The summed E-state index contributed by atoms with van der Waals surface area (Å²) in [4.78, 5) is 24.9. The SMILES string of the molecule is C=C(CO[Si](C)(C)C(C)(C)C)C(=O)OCCOc1ccc(-c2ccc(-c3ccc(OCCOC(=O)C(=C)CO[Si](C)(C)C(C)(C)C)cc3)c(CCCCCCC)c2)cc1. The molecule has 0 bridgehead atoms. The Labute approximate surface area is 357 Å². The van der Waals surface area contributed by atoms with E-state index >= 15 is 0 Å². The van der Waals surface area contributed by atoms with Crippen LogP contribution in [-0.2, 0) is 34.3 Å². The topological polar surface area (TPSA) is 89.5 Å². The van der Waals surface area contributed by atoms with Crippen molar-refractivity contribution in [2.75, 3.05) is 39.6 Å². The molecule has 3 aromatic carbocycles. The first kappa shape index (κ1) is 49.4. The number of rotatable bonds is 24. The molecule has 0 atom stereocenters. The summed E-state index contributed by atoms with van der Waals surface area (Å²) in [7, 11) is -3.98. The van der Waals surface area contributed by atoms with Crippen molar-refractivity contribution in [1.82, 2.24) is 0 Å². The van der Waals surface area contributed by atoms with Crippen LogP contribution in [0.2, 0.25) is 36.3 Å². The summed E-state index contributed by atoms with van der Waals surface area (Å²) in [5.74, 6) is 0.493. The Morgan fingerprint density at radius 3 is 1.42 bits per heavy atom. The van der Waals surface area contributed by atoms with E-state index in [0.29, 0.717) is 22.6 Å². The lowest BCUT2D eigenvalue weighted by atomic mass is 9.92. The van der Waals surface area contributed by atoms with Gasteiger partial charge in [-0.05, 0) is 101 Å². The second kappa shape index (κ2) is 22.6. The molecular weight excluding hydrogens is 773 g/mol.